The van der Waals surface area contributed by atoms with Crippen molar-refractivity contribution in [2.45, 2.75) is 0 Å². The van der Waals surface area contributed by atoms with Crippen molar-refractivity contribution < 1.29 is 8.83 Å². The molecule has 0 N–H and O–H groups in total. The summed E-state index contributed by atoms with van der Waals surface area (Å²) < 4.78 is 10.9. The number of hydrogen-bond acceptors (Lipinski definition) is 3. The molecule has 0 atom stereocenters. The number of rotatable bonds is 2. The molecule has 0 aliphatic carbocycles. The second kappa shape index (κ2) is 3.44. The van der Waals surface area contributed by atoms with Crippen LogP contribution in [0.1, 0.15) is 0 Å². The fourth-order valence-electron chi connectivity index (χ4n) is 1.44. The summed E-state index contributed by atoms with van der Waals surface area (Å²) in [6.45, 7) is 0. The first-order valence-electron chi connectivity index (χ1n) is 4.61. The molecule has 0 saturated carbocycles. The van der Waals surface area contributed by atoms with Gasteiger partial charge in [-0.25, -0.2) is 0 Å². The highest BCUT2D eigenvalue weighted by Gasteiger charge is 2.08. The zero-order valence-corrected chi connectivity index (χ0v) is 8.66. The molecule has 3 rings (SSSR count). The minimum absolute atomic E-state index is 0.762. The van der Waals surface area contributed by atoms with Crippen LogP contribution in [0.5, 0.6) is 0 Å². The number of hydrogen-bond donors (Lipinski definition) is 0. The molecule has 0 aromatic carbocycles. The van der Waals surface area contributed by atoms with Crippen molar-refractivity contribution in [2.75, 3.05) is 0 Å². The van der Waals surface area contributed by atoms with Crippen LogP contribution >= 0.6 is 11.3 Å². The Kier molecular flexibility index (Phi) is 1.96. The lowest BCUT2D eigenvalue weighted by molar-refractivity contribution is 0.532. The van der Waals surface area contributed by atoms with Gasteiger partial charge in [-0.3, -0.25) is 0 Å². The van der Waals surface area contributed by atoms with Gasteiger partial charge in [0, 0.05) is 0 Å². The van der Waals surface area contributed by atoms with Gasteiger partial charge in [0.15, 0.2) is 11.5 Å². The van der Waals surface area contributed by atoms with Crippen LogP contribution < -0.4 is 0 Å². The van der Waals surface area contributed by atoms with Gasteiger partial charge in [0.2, 0.25) is 0 Å². The van der Waals surface area contributed by atoms with Gasteiger partial charge in [0.05, 0.1) is 11.1 Å². The third kappa shape index (κ3) is 1.51. The second-order valence-electron chi connectivity index (χ2n) is 3.12. The SMILES string of the molecule is c1coc(-c2ccc(-c3cccs3)o2)c1. The highest BCUT2D eigenvalue weighted by atomic mass is 32.1. The molecule has 0 radical (unpaired) electrons. The lowest BCUT2D eigenvalue weighted by Gasteiger charge is -1.90. The maximum absolute atomic E-state index is 5.69. The molecule has 3 aromatic rings. The third-order valence-electron chi connectivity index (χ3n) is 2.13. The van der Waals surface area contributed by atoms with E-state index < -0.39 is 0 Å². The maximum Gasteiger partial charge on any atom is 0.170 e. The topological polar surface area (TPSA) is 26.3 Å². The zero-order valence-electron chi connectivity index (χ0n) is 7.84. The van der Waals surface area contributed by atoms with E-state index in [1.807, 2.05) is 41.8 Å². The Labute approximate surface area is 90.8 Å². The minimum Gasteiger partial charge on any atom is -0.461 e. The summed E-state index contributed by atoms with van der Waals surface area (Å²) >= 11 is 1.66. The lowest BCUT2D eigenvalue weighted by Crippen LogP contribution is -1.64. The molecule has 0 amide bonds. The predicted octanol–water partition coefficient (Wildman–Crippen LogP) is 4.27. The van der Waals surface area contributed by atoms with Crippen molar-refractivity contribution in [1.29, 1.82) is 0 Å². The summed E-state index contributed by atoms with van der Waals surface area (Å²) in [7, 11) is 0. The van der Waals surface area contributed by atoms with Crippen LogP contribution in [0.15, 0.2) is 56.9 Å². The normalized spacial score (nSPS) is 10.7. The van der Waals surface area contributed by atoms with Crippen LogP contribution in [0.2, 0.25) is 0 Å². The number of furan rings is 2. The fourth-order valence-corrected chi connectivity index (χ4v) is 2.13. The van der Waals surface area contributed by atoms with Crippen molar-refractivity contribution in [3.63, 3.8) is 0 Å². The largest absolute Gasteiger partial charge is 0.461 e. The smallest absolute Gasteiger partial charge is 0.170 e. The number of thiophene rings is 1. The van der Waals surface area contributed by atoms with Gasteiger partial charge in [-0.15, -0.1) is 11.3 Å². The van der Waals surface area contributed by atoms with Crippen molar-refractivity contribution in [2.24, 2.45) is 0 Å². The first-order chi connectivity index (χ1) is 7.43. The first kappa shape index (κ1) is 8.56. The van der Waals surface area contributed by atoms with Crippen LogP contribution in [0.3, 0.4) is 0 Å². The molecule has 0 aliphatic heterocycles. The molecule has 3 aromatic heterocycles. The van der Waals surface area contributed by atoms with Gasteiger partial charge < -0.3 is 8.83 Å². The van der Waals surface area contributed by atoms with Gasteiger partial charge in [-0.2, -0.15) is 0 Å². The van der Waals surface area contributed by atoms with Gasteiger partial charge >= 0.3 is 0 Å². The molecular weight excluding hydrogens is 208 g/mol. The van der Waals surface area contributed by atoms with Crippen molar-refractivity contribution in [3.8, 4) is 22.2 Å². The summed E-state index contributed by atoms with van der Waals surface area (Å²) in [6, 6.07) is 11.7. The molecular formula is C12H8O2S. The third-order valence-corrected chi connectivity index (χ3v) is 3.02. The molecule has 0 aliphatic rings. The second-order valence-corrected chi connectivity index (χ2v) is 4.07. The Bertz CT molecular complexity index is 483. The molecule has 0 bridgehead atoms. The van der Waals surface area contributed by atoms with E-state index >= 15 is 0 Å². The van der Waals surface area contributed by atoms with Crippen LogP contribution in [0, 0.1) is 0 Å². The maximum atomic E-state index is 5.69. The quantitative estimate of drug-likeness (QED) is 0.639. The van der Waals surface area contributed by atoms with Crippen LogP contribution in [-0.4, -0.2) is 0 Å². The van der Waals surface area contributed by atoms with Gasteiger partial charge in [0.25, 0.3) is 0 Å². The summed E-state index contributed by atoms with van der Waals surface area (Å²) in [6.07, 6.45) is 1.64. The standard InChI is InChI=1S/C12H8O2S/c1-3-9(13-7-1)10-5-6-11(14-10)12-4-2-8-15-12/h1-8H. The summed E-state index contributed by atoms with van der Waals surface area (Å²) in [5.41, 5.74) is 0. The van der Waals surface area contributed by atoms with E-state index in [0.717, 1.165) is 22.2 Å². The van der Waals surface area contributed by atoms with Gasteiger partial charge in [-0.1, -0.05) is 6.07 Å². The van der Waals surface area contributed by atoms with Crippen molar-refractivity contribution in [3.05, 3.63) is 48.0 Å². The molecule has 74 valence electrons. The van der Waals surface area contributed by atoms with Gasteiger partial charge in [0.1, 0.15) is 5.76 Å². The monoisotopic (exact) mass is 216 g/mol. The summed E-state index contributed by atoms with van der Waals surface area (Å²) in [5, 5.41) is 2.03. The van der Waals surface area contributed by atoms with Crippen LogP contribution in [-0.2, 0) is 0 Å². The van der Waals surface area contributed by atoms with E-state index in [1.165, 1.54) is 0 Å². The minimum atomic E-state index is 0.762. The average Bonchev–Trinajstić information content (AvgIpc) is 3.02. The van der Waals surface area contributed by atoms with E-state index in [4.69, 9.17) is 8.83 Å². The molecule has 3 heteroatoms. The van der Waals surface area contributed by atoms with E-state index in [1.54, 1.807) is 17.6 Å². The summed E-state index contributed by atoms with van der Waals surface area (Å²) in [4.78, 5) is 1.13. The highest BCUT2D eigenvalue weighted by Crippen LogP contribution is 2.30. The lowest BCUT2D eigenvalue weighted by atomic mass is 10.3. The van der Waals surface area contributed by atoms with E-state index in [-0.39, 0.29) is 0 Å². The molecule has 2 nitrogen and oxygen atoms in total. The van der Waals surface area contributed by atoms with Gasteiger partial charge in [-0.05, 0) is 35.7 Å². The zero-order chi connectivity index (χ0) is 10.1. The van der Waals surface area contributed by atoms with Crippen molar-refractivity contribution in [1.82, 2.24) is 0 Å². The van der Waals surface area contributed by atoms with E-state index in [2.05, 4.69) is 0 Å². The van der Waals surface area contributed by atoms with E-state index in [0.29, 0.717) is 0 Å². The molecule has 0 spiro atoms. The van der Waals surface area contributed by atoms with E-state index in [9.17, 15) is 0 Å². The Balaban J connectivity index is 2.02. The summed E-state index contributed by atoms with van der Waals surface area (Å²) in [5.74, 6) is 2.41. The Morgan fingerprint density at radius 1 is 0.867 bits per heavy atom. The highest BCUT2D eigenvalue weighted by molar-refractivity contribution is 7.13. The fraction of sp³-hybridized carbons (Fsp3) is 0. The average molecular weight is 216 g/mol. The Hall–Kier alpha value is -1.74. The molecule has 0 unspecified atom stereocenters. The Morgan fingerprint density at radius 3 is 2.53 bits per heavy atom. The van der Waals surface area contributed by atoms with Crippen LogP contribution in [0.4, 0.5) is 0 Å². The molecule has 0 saturated heterocycles. The molecule has 0 fully saturated rings. The molecule has 3 heterocycles. The molecule has 15 heavy (non-hydrogen) atoms. The predicted molar refractivity (Wildman–Crippen MR) is 59.7 cm³/mol. The first-order valence-corrected chi connectivity index (χ1v) is 5.49. The van der Waals surface area contributed by atoms with Crippen molar-refractivity contribution >= 4 is 11.3 Å². The Morgan fingerprint density at radius 2 is 1.80 bits per heavy atom. The van der Waals surface area contributed by atoms with Crippen LogP contribution in [0.25, 0.3) is 22.2 Å².